The van der Waals surface area contributed by atoms with Gasteiger partial charge in [-0.3, -0.25) is 4.40 Å². The zero-order chi connectivity index (χ0) is 13.4. The van der Waals surface area contributed by atoms with Gasteiger partial charge in [0.2, 0.25) is 0 Å². The van der Waals surface area contributed by atoms with E-state index in [9.17, 15) is 0 Å². The molecule has 0 spiro atoms. The van der Waals surface area contributed by atoms with Crippen LogP contribution < -0.4 is 5.73 Å². The Bertz CT molecular complexity index is 725. The van der Waals surface area contributed by atoms with Crippen LogP contribution in [-0.2, 0) is 13.1 Å². The zero-order valence-electron chi connectivity index (χ0n) is 10.8. The summed E-state index contributed by atoms with van der Waals surface area (Å²) in [7, 11) is 0. The largest absolute Gasteiger partial charge is 0.325 e. The van der Waals surface area contributed by atoms with Crippen molar-refractivity contribution in [3.63, 3.8) is 0 Å². The van der Waals surface area contributed by atoms with E-state index in [-0.39, 0.29) is 0 Å². The summed E-state index contributed by atoms with van der Waals surface area (Å²) in [6, 6.07) is 1.99. The van der Waals surface area contributed by atoms with Gasteiger partial charge < -0.3 is 5.73 Å². The number of hydrogen-bond donors (Lipinski definition) is 1. The average Bonchev–Trinajstić information content (AvgIpc) is 2.97. The fourth-order valence-corrected chi connectivity index (χ4v) is 2.05. The van der Waals surface area contributed by atoms with Crippen molar-refractivity contribution >= 4 is 5.78 Å². The van der Waals surface area contributed by atoms with Gasteiger partial charge in [-0.1, -0.05) is 5.21 Å². The predicted octanol–water partition coefficient (Wildman–Crippen LogP) is -0.160. The van der Waals surface area contributed by atoms with Gasteiger partial charge in [-0.2, -0.15) is 0 Å². The van der Waals surface area contributed by atoms with Crippen LogP contribution in [0.25, 0.3) is 5.78 Å². The first kappa shape index (κ1) is 11.7. The number of fused-ring (bicyclic) bond motifs is 1. The fourth-order valence-electron chi connectivity index (χ4n) is 2.05. The first-order valence-electron chi connectivity index (χ1n) is 5.94. The van der Waals surface area contributed by atoms with Crippen LogP contribution in [-0.4, -0.2) is 34.6 Å². The summed E-state index contributed by atoms with van der Waals surface area (Å²) in [5.74, 6) is 1.38. The molecule has 0 unspecified atom stereocenters. The van der Waals surface area contributed by atoms with Crippen molar-refractivity contribution in [2.24, 2.45) is 5.73 Å². The van der Waals surface area contributed by atoms with Crippen molar-refractivity contribution in [3.8, 4) is 0 Å². The Hall–Kier alpha value is -2.35. The van der Waals surface area contributed by atoms with Crippen LogP contribution in [0.1, 0.15) is 22.9 Å². The molecular formula is C11H14N8. The van der Waals surface area contributed by atoms with E-state index in [2.05, 4.69) is 25.5 Å². The highest BCUT2D eigenvalue weighted by Crippen LogP contribution is 2.09. The maximum Gasteiger partial charge on any atom is 0.255 e. The third kappa shape index (κ3) is 2.06. The van der Waals surface area contributed by atoms with E-state index in [1.54, 1.807) is 10.9 Å². The molecule has 0 aliphatic heterocycles. The summed E-state index contributed by atoms with van der Waals surface area (Å²) < 4.78 is 3.61. The molecule has 0 saturated heterocycles. The molecule has 0 amide bonds. The lowest BCUT2D eigenvalue weighted by Crippen LogP contribution is -2.07. The maximum absolute atomic E-state index is 5.51. The van der Waals surface area contributed by atoms with Gasteiger partial charge in [-0.05, 0) is 19.9 Å². The highest BCUT2D eigenvalue weighted by atomic mass is 15.4. The quantitative estimate of drug-likeness (QED) is 0.700. The summed E-state index contributed by atoms with van der Waals surface area (Å²) in [4.78, 5) is 4.34. The number of nitrogens with zero attached hydrogens (tertiary/aromatic N) is 7. The molecule has 0 bridgehead atoms. The van der Waals surface area contributed by atoms with Crippen LogP contribution in [0.15, 0.2) is 12.3 Å². The van der Waals surface area contributed by atoms with E-state index in [0.717, 1.165) is 22.9 Å². The van der Waals surface area contributed by atoms with Crippen LogP contribution in [0.3, 0.4) is 0 Å². The van der Waals surface area contributed by atoms with Crippen molar-refractivity contribution in [2.45, 2.75) is 26.9 Å². The lowest BCUT2D eigenvalue weighted by molar-refractivity contribution is 0.618. The Balaban J connectivity index is 2.01. The van der Waals surface area contributed by atoms with Crippen LogP contribution in [0.4, 0.5) is 0 Å². The molecule has 0 radical (unpaired) electrons. The topological polar surface area (TPSA) is 99.8 Å². The van der Waals surface area contributed by atoms with Gasteiger partial charge in [0.25, 0.3) is 5.78 Å². The SMILES string of the molecule is Cc1cc(C)n2c(Cn3cc(CN)nn3)nnc2n1. The molecule has 0 atom stereocenters. The van der Waals surface area contributed by atoms with E-state index < -0.39 is 0 Å². The second kappa shape index (κ2) is 4.39. The third-order valence-corrected chi connectivity index (χ3v) is 2.86. The minimum Gasteiger partial charge on any atom is -0.325 e. The maximum atomic E-state index is 5.51. The van der Waals surface area contributed by atoms with Crippen molar-refractivity contribution in [1.29, 1.82) is 0 Å². The Kier molecular flexibility index (Phi) is 2.71. The number of nitrogens with two attached hydrogens (primary N) is 1. The monoisotopic (exact) mass is 258 g/mol. The molecule has 0 aromatic carbocycles. The molecule has 3 aromatic heterocycles. The van der Waals surface area contributed by atoms with E-state index >= 15 is 0 Å². The summed E-state index contributed by atoms with van der Waals surface area (Å²) in [6.07, 6.45) is 1.80. The van der Waals surface area contributed by atoms with Crippen molar-refractivity contribution in [2.75, 3.05) is 0 Å². The molecule has 8 heteroatoms. The molecule has 0 saturated carbocycles. The molecule has 19 heavy (non-hydrogen) atoms. The lowest BCUT2D eigenvalue weighted by atomic mass is 10.3. The fraction of sp³-hybridized carbons (Fsp3) is 0.364. The Labute approximate surface area is 109 Å². The summed E-state index contributed by atoms with van der Waals surface area (Å²) >= 11 is 0. The van der Waals surface area contributed by atoms with Gasteiger partial charge in [-0.15, -0.1) is 15.3 Å². The second-order valence-electron chi connectivity index (χ2n) is 4.40. The van der Waals surface area contributed by atoms with Crippen LogP contribution in [0.5, 0.6) is 0 Å². The Morgan fingerprint density at radius 1 is 1.21 bits per heavy atom. The van der Waals surface area contributed by atoms with Crippen LogP contribution in [0, 0.1) is 13.8 Å². The number of hydrogen-bond acceptors (Lipinski definition) is 6. The van der Waals surface area contributed by atoms with Crippen molar-refractivity contribution < 1.29 is 0 Å². The summed E-state index contributed by atoms with van der Waals surface area (Å²) in [5.41, 5.74) is 8.23. The minimum atomic E-state index is 0.375. The normalized spacial score (nSPS) is 11.3. The molecule has 98 valence electrons. The molecule has 0 aliphatic carbocycles. The molecule has 3 heterocycles. The molecule has 3 rings (SSSR count). The predicted molar refractivity (Wildman–Crippen MR) is 67.3 cm³/mol. The Morgan fingerprint density at radius 2 is 2.05 bits per heavy atom. The highest BCUT2D eigenvalue weighted by molar-refractivity contribution is 5.32. The number of rotatable bonds is 3. The Morgan fingerprint density at radius 3 is 2.79 bits per heavy atom. The third-order valence-electron chi connectivity index (χ3n) is 2.86. The van der Waals surface area contributed by atoms with E-state index in [1.165, 1.54) is 0 Å². The molecule has 8 nitrogen and oxygen atoms in total. The zero-order valence-corrected chi connectivity index (χ0v) is 10.8. The first-order chi connectivity index (χ1) is 9.17. The lowest BCUT2D eigenvalue weighted by Gasteiger charge is -2.03. The molecular weight excluding hydrogens is 244 g/mol. The van der Waals surface area contributed by atoms with E-state index in [4.69, 9.17) is 5.73 Å². The van der Waals surface area contributed by atoms with Crippen molar-refractivity contribution in [1.82, 2.24) is 34.6 Å². The molecule has 0 aliphatic rings. The number of aromatic nitrogens is 7. The van der Waals surface area contributed by atoms with Gasteiger partial charge >= 0.3 is 0 Å². The minimum absolute atomic E-state index is 0.375. The standard InChI is InChI=1S/C11H14N8/c1-7-3-8(2)19-10(15-16-11(19)13-7)6-18-5-9(4-12)14-17-18/h3,5H,4,6,12H2,1-2H3. The van der Waals surface area contributed by atoms with Gasteiger partial charge in [0, 0.05) is 17.9 Å². The summed E-state index contributed by atoms with van der Waals surface area (Å²) in [5, 5.41) is 16.2. The van der Waals surface area contributed by atoms with Crippen molar-refractivity contribution in [3.05, 3.63) is 35.2 Å². The van der Waals surface area contributed by atoms with Gasteiger partial charge in [0.15, 0.2) is 5.82 Å². The smallest absolute Gasteiger partial charge is 0.255 e. The van der Waals surface area contributed by atoms with Gasteiger partial charge in [0.05, 0.1) is 11.9 Å². The van der Waals surface area contributed by atoms with E-state index in [1.807, 2.05) is 24.3 Å². The highest BCUT2D eigenvalue weighted by Gasteiger charge is 2.11. The molecule has 0 fully saturated rings. The van der Waals surface area contributed by atoms with Crippen LogP contribution >= 0.6 is 0 Å². The van der Waals surface area contributed by atoms with Gasteiger partial charge in [-0.25, -0.2) is 9.67 Å². The van der Waals surface area contributed by atoms with Crippen LogP contribution in [0.2, 0.25) is 0 Å². The summed E-state index contributed by atoms with van der Waals surface area (Å²) in [6.45, 7) is 4.80. The second-order valence-corrected chi connectivity index (χ2v) is 4.40. The molecule has 2 N–H and O–H groups in total. The molecule has 3 aromatic rings. The first-order valence-corrected chi connectivity index (χ1v) is 5.94. The van der Waals surface area contributed by atoms with Gasteiger partial charge in [0.1, 0.15) is 6.54 Å². The van der Waals surface area contributed by atoms with E-state index in [0.29, 0.717) is 18.9 Å². The number of aryl methyl sites for hydroxylation is 2. The average molecular weight is 258 g/mol.